The van der Waals surface area contributed by atoms with Crippen molar-refractivity contribution in [2.24, 2.45) is 17.1 Å². The highest BCUT2D eigenvalue weighted by Gasteiger charge is 2.36. The second-order valence-electron chi connectivity index (χ2n) is 10.1. The molecule has 2 saturated heterocycles. The molecule has 0 saturated carbocycles. The number of hydrogen-bond donors (Lipinski definition) is 1. The van der Waals surface area contributed by atoms with Crippen molar-refractivity contribution < 1.29 is 9.59 Å². The number of amides is 3. The normalized spacial score (nSPS) is 19.5. The lowest BCUT2D eigenvalue weighted by atomic mass is 9.84. The van der Waals surface area contributed by atoms with Crippen molar-refractivity contribution in [3.05, 3.63) is 33.8 Å². The van der Waals surface area contributed by atoms with Crippen LogP contribution in [0.5, 0.6) is 0 Å². The molecule has 3 amide bonds. The summed E-state index contributed by atoms with van der Waals surface area (Å²) < 4.78 is 0. The number of nitrogens with zero attached hydrogens (tertiary/aromatic N) is 3. The van der Waals surface area contributed by atoms with E-state index in [1.165, 1.54) is 0 Å². The highest BCUT2D eigenvalue weighted by atomic mass is 35.5. The standard InChI is InChI=1S/C17H24Cl2N2O.C7H14N2O.C2H6/c1-12(22)21-8-7-20(11-16(21)17(2,3)4)10-13-5-6-14(18)15(19)9-13;1-6-2-4-9(5-3-6)7(8)10;1-2/h5-6,9,16H,7-8,10-11H2,1-4H3;6H,2-5H2,1H3,(H2,8,10);1-2H3. The maximum absolute atomic E-state index is 11.9. The van der Waals surface area contributed by atoms with Gasteiger partial charge < -0.3 is 15.5 Å². The van der Waals surface area contributed by atoms with E-state index in [9.17, 15) is 9.59 Å². The Kier molecular flexibility index (Phi) is 12.7. The molecule has 2 fully saturated rings. The third-order valence-electron chi connectivity index (χ3n) is 6.35. The van der Waals surface area contributed by atoms with Crippen LogP contribution in [0, 0.1) is 11.3 Å². The van der Waals surface area contributed by atoms with Crippen molar-refractivity contribution in [1.82, 2.24) is 14.7 Å². The van der Waals surface area contributed by atoms with Gasteiger partial charge in [0.05, 0.1) is 10.0 Å². The Hall–Kier alpha value is -1.50. The summed E-state index contributed by atoms with van der Waals surface area (Å²) in [6, 6.07) is 5.73. The number of likely N-dealkylation sites (tertiary alicyclic amines) is 1. The van der Waals surface area contributed by atoms with Crippen LogP contribution in [0.2, 0.25) is 10.0 Å². The van der Waals surface area contributed by atoms with E-state index >= 15 is 0 Å². The van der Waals surface area contributed by atoms with Crippen LogP contribution in [-0.4, -0.2) is 65.4 Å². The van der Waals surface area contributed by atoms with Gasteiger partial charge in [0.25, 0.3) is 0 Å². The fraction of sp³-hybridized carbons (Fsp3) is 0.692. The van der Waals surface area contributed by atoms with Crippen LogP contribution < -0.4 is 5.73 Å². The average Bonchev–Trinajstić information content (AvgIpc) is 2.78. The fourth-order valence-electron chi connectivity index (χ4n) is 4.23. The molecule has 1 unspecified atom stereocenters. The molecule has 0 bridgehead atoms. The molecule has 34 heavy (non-hydrogen) atoms. The van der Waals surface area contributed by atoms with Gasteiger partial charge in [-0.2, -0.15) is 0 Å². The van der Waals surface area contributed by atoms with E-state index in [1.807, 2.05) is 36.9 Å². The number of nitrogens with two attached hydrogens (primary N) is 1. The van der Waals surface area contributed by atoms with Gasteiger partial charge >= 0.3 is 6.03 Å². The maximum Gasteiger partial charge on any atom is 0.314 e. The van der Waals surface area contributed by atoms with Gasteiger partial charge in [0, 0.05) is 52.2 Å². The lowest BCUT2D eigenvalue weighted by Gasteiger charge is -2.47. The van der Waals surface area contributed by atoms with E-state index in [4.69, 9.17) is 28.9 Å². The number of carbonyl (C=O) groups is 2. The molecule has 3 rings (SSSR count). The Balaban J connectivity index is 0.000000402. The number of hydrogen-bond acceptors (Lipinski definition) is 3. The van der Waals surface area contributed by atoms with Crippen molar-refractivity contribution in [3.63, 3.8) is 0 Å². The number of rotatable bonds is 2. The smallest absolute Gasteiger partial charge is 0.314 e. The summed E-state index contributed by atoms with van der Waals surface area (Å²) in [5.41, 5.74) is 6.31. The third kappa shape index (κ3) is 9.63. The molecule has 0 radical (unpaired) electrons. The molecule has 2 aliphatic heterocycles. The molecule has 2 heterocycles. The summed E-state index contributed by atoms with van der Waals surface area (Å²) in [7, 11) is 0. The molecule has 2 aliphatic rings. The zero-order valence-electron chi connectivity index (χ0n) is 22.0. The topological polar surface area (TPSA) is 69.9 Å². The zero-order chi connectivity index (χ0) is 26.1. The van der Waals surface area contributed by atoms with Gasteiger partial charge in [-0.1, -0.05) is 70.8 Å². The van der Waals surface area contributed by atoms with Gasteiger partial charge in [-0.3, -0.25) is 9.69 Å². The SMILES string of the molecule is CC.CC(=O)N1CCN(Cc2ccc(Cl)c(Cl)c2)CC1C(C)(C)C.CC1CCN(C(N)=O)CC1. The highest BCUT2D eigenvalue weighted by molar-refractivity contribution is 6.42. The van der Waals surface area contributed by atoms with Crippen molar-refractivity contribution in [2.45, 2.75) is 73.9 Å². The van der Waals surface area contributed by atoms with Gasteiger partial charge in [0.2, 0.25) is 5.91 Å². The van der Waals surface area contributed by atoms with Gasteiger partial charge in [0.1, 0.15) is 0 Å². The minimum absolute atomic E-state index is 0.0575. The molecule has 0 spiro atoms. The van der Waals surface area contributed by atoms with Crippen LogP contribution in [0.4, 0.5) is 4.79 Å². The number of piperidine rings is 1. The van der Waals surface area contributed by atoms with Crippen LogP contribution in [0.15, 0.2) is 18.2 Å². The first-order chi connectivity index (χ1) is 15.9. The Morgan fingerprint density at radius 2 is 1.62 bits per heavy atom. The molecule has 194 valence electrons. The number of urea groups is 1. The Morgan fingerprint density at radius 3 is 2.09 bits per heavy atom. The molecule has 2 N–H and O–H groups in total. The minimum atomic E-state index is -0.271. The quantitative estimate of drug-likeness (QED) is 0.534. The van der Waals surface area contributed by atoms with Crippen molar-refractivity contribution in [2.75, 3.05) is 32.7 Å². The summed E-state index contributed by atoms with van der Waals surface area (Å²) in [4.78, 5) is 28.6. The number of primary amides is 1. The molecule has 0 aliphatic carbocycles. The summed E-state index contributed by atoms with van der Waals surface area (Å²) in [6.45, 7) is 19.5. The van der Waals surface area contributed by atoms with Gasteiger partial charge in [-0.15, -0.1) is 0 Å². The average molecular weight is 516 g/mol. The molecule has 6 nitrogen and oxygen atoms in total. The first-order valence-electron chi connectivity index (χ1n) is 12.4. The maximum atomic E-state index is 11.9. The van der Waals surface area contributed by atoms with Gasteiger partial charge in [-0.05, 0) is 41.9 Å². The molecule has 1 aromatic carbocycles. The van der Waals surface area contributed by atoms with Crippen LogP contribution in [-0.2, 0) is 11.3 Å². The van der Waals surface area contributed by atoms with Crippen molar-refractivity contribution in [1.29, 1.82) is 0 Å². The number of carbonyl (C=O) groups excluding carboxylic acids is 2. The number of piperazine rings is 1. The molecule has 1 atom stereocenters. The summed E-state index contributed by atoms with van der Waals surface area (Å²) in [5, 5.41) is 1.17. The lowest BCUT2D eigenvalue weighted by molar-refractivity contribution is -0.137. The van der Waals surface area contributed by atoms with E-state index in [0.717, 1.165) is 63.6 Å². The van der Waals surface area contributed by atoms with Gasteiger partial charge in [0.15, 0.2) is 0 Å². The van der Waals surface area contributed by atoms with Crippen molar-refractivity contribution >= 4 is 35.1 Å². The van der Waals surface area contributed by atoms with E-state index in [-0.39, 0.29) is 23.4 Å². The molecule has 0 aromatic heterocycles. The van der Waals surface area contributed by atoms with Crippen LogP contribution in [0.25, 0.3) is 0 Å². The van der Waals surface area contributed by atoms with Crippen molar-refractivity contribution in [3.8, 4) is 0 Å². The summed E-state index contributed by atoms with van der Waals surface area (Å²) >= 11 is 12.1. The Morgan fingerprint density at radius 1 is 1.03 bits per heavy atom. The van der Waals surface area contributed by atoms with E-state index in [0.29, 0.717) is 10.0 Å². The van der Waals surface area contributed by atoms with Crippen LogP contribution in [0.3, 0.4) is 0 Å². The summed E-state index contributed by atoms with van der Waals surface area (Å²) in [5.74, 6) is 0.921. The Bertz CT molecular complexity index is 789. The van der Waals surface area contributed by atoms with E-state index < -0.39 is 0 Å². The molecular formula is C26H44Cl2N4O2. The van der Waals surface area contributed by atoms with E-state index in [1.54, 1.807) is 11.8 Å². The third-order valence-corrected chi connectivity index (χ3v) is 7.09. The Labute approximate surface area is 216 Å². The molecule has 1 aromatic rings. The van der Waals surface area contributed by atoms with Crippen LogP contribution in [0.1, 0.15) is 66.9 Å². The van der Waals surface area contributed by atoms with E-state index in [2.05, 4.69) is 32.6 Å². The van der Waals surface area contributed by atoms with Gasteiger partial charge in [-0.25, -0.2) is 4.79 Å². The number of halogens is 2. The monoisotopic (exact) mass is 514 g/mol. The second-order valence-corrected chi connectivity index (χ2v) is 10.9. The fourth-order valence-corrected chi connectivity index (χ4v) is 4.55. The largest absolute Gasteiger partial charge is 0.351 e. The number of benzene rings is 1. The predicted octanol–water partition coefficient (Wildman–Crippen LogP) is 5.90. The molecular weight excluding hydrogens is 471 g/mol. The summed E-state index contributed by atoms with van der Waals surface area (Å²) in [6.07, 6.45) is 2.20. The first kappa shape index (κ1) is 30.5. The highest BCUT2D eigenvalue weighted by Crippen LogP contribution is 2.29. The van der Waals surface area contributed by atoms with Crippen LogP contribution >= 0.6 is 23.2 Å². The zero-order valence-corrected chi connectivity index (χ0v) is 23.5. The molecule has 8 heteroatoms. The predicted molar refractivity (Wildman–Crippen MR) is 143 cm³/mol. The minimum Gasteiger partial charge on any atom is -0.351 e. The second kappa shape index (κ2) is 14.2. The first-order valence-corrected chi connectivity index (χ1v) is 13.1. The lowest BCUT2D eigenvalue weighted by Crippen LogP contribution is -2.58.